The fraction of sp³-hybridized carbons (Fsp3) is 0.250. The molecule has 0 saturated heterocycles. The summed E-state index contributed by atoms with van der Waals surface area (Å²) in [6.45, 7) is 2.85. The van der Waals surface area contributed by atoms with Gasteiger partial charge in [0.25, 0.3) is 0 Å². The molecule has 2 aromatic rings. The van der Waals surface area contributed by atoms with Crippen molar-refractivity contribution >= 4 is 5.69 Å². The van der Waals surface area contributed by atoms with Crippen molar-refractivity contribution in [3.05, 3.63) is 52.3 Å². The smallest absolute Gasteiger partial charge is 0.310 e. The van der Waals surface area contributed by atoms with Crippen molar-refractivity contribution in [1.29, 1.82) is 0 Å². The lowest BCUT2D eigenvalue weighted by molar-refractivity contribution is -0.385. The fourth-order valence-corrected chi connectivity index (χ4v) is 1.57. The normalized spacial score (nSPS) is 10.3. The van der Waals surface area contributed by atoms with Crippen LogP contribution in [0.2, 0.25) is 0 Å². The molecule has 0 aliphatic heterocycles. The molecule has 0 amide bonds. The van der Waals surface area contributed by atoms with Crippen LogP contribution in [0.5, 0.6) is 5.75 Å². The van der Waals surface area contributed by atoms with Gasteiger partial charge in [-0.25, -0.2) is 0 Å². The molecular formula is C12H13N3O3. The van der Waals surface area contributed by atoms with E-state index in [1.165, 1.54) is 6.07 Å². The van der Waals surface area contributed by atoms with Crippen molar-refractivity contribution in [2.75, 3.05) is 6.61 Å². The fourth-order valence-electron chi connectivity index (χ4n) is 1.57. The van der Waals surface area contributed by atoms with E-state index in [1.54, 1.807) is 29.1 Å². The third-order valence-corrected chi connectivity index (χ3v) is 2.40. The predicted octanol–water partition coefficient (Wildman–Crippen LogP) is 2.18. The number of aromatic nitrogens is 2. The molecule has 1 aromatic heterocycles. The van der Waals surface area contributed by atoms with Crippen LogP contribution in [-0.2, 0) is 6.54 Å². The third kappa shape index (κ3) is 2.85. The largest absolute Gasteiger partial charge is 0.485 e. The first-order valence-electron chi connectivity index (χ1n) is 5.52. The van der Waals surface area contributed by atoms with Gasteiger partial charge in [-0.1, -0.05) is 12.1 Å². The molecule has 1 heterocycles. The van der Waals surface area contributed by atoms with Crippen molar-refractivity contribution in [2.24, 2.45) is 0 Å². The highest BCUT2D eigenvalue weighted by Gasteiger charge is 2.13. The Morgan fingerprint density at radius 3 is 2.89 bits per heavy atom. The lowest BCUT2D eigenvalue weighted by Gasteiger charge is -2.06. The standard InChI is InChI=1S/C12H13N3O3/c1-10-8-13-14(9-10)6-7-18-12-5-3-2-4-11(12)15(16)17/h2-5,8-9H,6-7H2,1H3. The summed E-state index contributed by atoms with van der Waals surface area (Å²) in [5, 5.41) is 14.9. The Morgan fingerprint density at radius 2 is 2.22 bits per heavy atom. The molecule has 0 atom stereocenters. The van der Waals surface area contributed by atoms with E-state index in [0.29, 0.717) is 13.2 Å². The zero-order valence-corrected chi connectivity index (χ0v) is 9.94. The second kappa shape index (κ2) is 5.31. The van der Waals surface area contributed by atoms with Crippen LogP contribution in [0, 0.1) is 17.0 Å². The van der Waals surface area contributed by atoms with Crippen LogP contribution in [0.1, 0.15) is 5.56 Å². The summed E-state index contributed by atoms with van der Waals surface area (Å²) >= 11 is 0. The first kappa shape index (κ1) is 12.1. The zero-order chi connectivity index (χ0) is 13.0. The molecule has 2 rings (SSSR count). The van der Waals surface area contributed by atoms with Crippen molar-refractivity contribution in [3.63, 3.8) is 0 Å². The molecule has 0 unspecified atom stereocenters. The first-order valence-corrected chi connectivity index (χ1v) is 5.52. The molecule has 0 fully saturated rings. The lowest BCUT2D eigenvalue weighted by Crippen LogP contribution is -2.09. The van der Waals surface area contributed by atoms with Gasteiger partial charge in [0.15, 0.2) is 5.75 Å². The highest BCUT2D eigenvalue weighted by atomic mass is 16.6. The van der Waals surface area contributed by atoms with E-state index < -0.39 is 4.92 Å². The molecule has 0 radical (unpaired) electrons. The van der Waals surface area contributed by atoms with Crippen LogP contribution >= 0.6 is 0 Å². The maximum Gasteiger partial charge on any atom is 0.310 e. The summed E-state index contributed by atoms with van der Waals surface area (Å²) in [7, 11) is 0. The van der Waals surface area contributed by atoms with Gasteiger partial charge >= 0.3 is 5.69 Å². The summed E-state index contributed by atoms with van der Waals surface area (Å²) in [6.07, 6.45) is 3.65. The Kier molecular flexibility index (Phi) is 3.57. The molecule has 0 saturated carbocycles. The summed E-state index contributed by atoms with van der Waals surface area (Å²) < 4.78 is 7.15. The lowest BCUT2D eigenvalue weighted by atomic mass is 10.3. The van der Waals surface area contributed by atoms with E-state index in [-0.39, 0.29) is 11.4 Å². The van der Waals surface area contributed by atoms with Crippen LogP contribution in [0.3, 0.4) is 0 Å². The minimum atomic E-state index is -0.451. The number of rotatable bonds is 5. The minimum absolute atomic E-state index is 0.0193. The summed E-state index contributed by atoms with van der Waals surface area (Å²) in [5.74, 6) is 0.284. The number of hydrogen-bond acceptors (Lipinski definition) is 4. The number of para-hydroxylation sites is 2. The summed E-state index contributed by atoms with van der Waals surface area (Å²) in [4.78, 5) is 10.3. The van der Waals surface area contributed by atoms with E-state index in [9.17, 15) is 10.1 Å². The summed E-state index contributed by atoms with van der Waals surface area (Å²) in [5.41, 5.74) is 1.05. The third-order valence-electron chi connectivity index (χ3n) is 2.40. The van der Waals surface area contributed by atoms with Crippen molar-refractivity contribution < 1.29 is 9.66 Å². The van der Waals surface area contributed by atoms with Gasteiger partial charge in [-0.05, 0) is 18.6 Å². The Balaban J connectivity index is 1.96. The average molecular weight is 247 g/mol. The predicted molar refractivity (Wildman–Crippen MR) is 65.6 cm³/mol. The number of aryl methyl sites for hydroxylation is 1. The molecule has 0 spiro atoms. The SMILES string of the molecule is Cc1cnn(CCOc2ccccc2[N+](=O)[O-])c1. The monoisotopic (exact) mass is 247 g/mol. The minimum Gasteiger partial charge on any atom is -0.485 e. The second-order valence-electron chi connectivity index (χ2n) is 3.85. The van der Waals surface area contributed by atoms with E-state index in [0.717, 1.165) is 5.56 Å². The Bertz CT molecular complexity index is 551. The highest BCUT2D eigenvalue weighted by Crippen LogP contribution is 2.25. The van der Waals surface area contributed by atoms with Crippen molar-refractivity contribution in [3.8, 4) is 5.75 Å². The highest BCUT2D eigenvalue weighted by molar-refractivity contribution is 5.45. The van der Waals surface area contributed by atoms with Gasteiger partial charge < -0.3 is 4.74 Å². The second-order valence-corrected chi connectivity index (χ2v) is 3.85. The first-order chi connectivity index (χ1) is 8.66. The maximum absolute atomic E-state index is 10.8. The van der Waals surface area contributed by atoms with Crippen LogP contribution < -0.4 is 4.74 Å². The van der Waals surface area contributed by atoms with Gasteiger partial charge in [0.1, 0.15) is 6.61 Å². The molecular weight excluding hydrogens is 234 g/mol. The number of ether oxygens (including phenoxy) is 1. The zero-order valence-electron chi connectivity index (χ0n) is 9.94. The quantitative estimate of drug-likeness (QED) is 0.599. The van der Waals surface area contributed by atoms with Crippen LogP contribution in [-0.4, -0.2) is 21.3 Å². The molecule has 0 aliphatic carbocycles. The number of nitrogens with zero attached hydrogens (tertiary/aromatic N) is 3. The van der Waals surface area contributed by atoms with Gasteiger partial charge in [-0.2, -0.15) is 5.10 Å². The van der Waals surface area contributed by atoms with Crippen LogP contribution in [0.15, 0.2) is 36.7 Å². The van der Waals surface area contributed by atoms with Crippen molar-refractivity contribution in [2.45, 2.75) is 13.5 Å². The van der Waals surface area contributed by atoms with Crippen LogP contribution in [0.25, 0.3) is 0 Å². The Morgan fingerprint density at radius 1 is 1.44 bits per heavy atom. The Labute approximate surface area is 104 Å². The molecule has 6 nitrogen and oxygen atoms in total. The molecule has 6 heteroatoms. The van der Waals surface area contributed by atoms with Gasteiger partial charge in [0.2, 0.25) is 0 Å². The molecule has 0 aliphatic rings. The van der Waals surface area contributed by atoms with E-state index in [2.05, 4.69) is 5.10 Å². The number of benzene rings is 1. The van der Waals surface area contributed by atoms with Gasteiger partial charge in [-0.3, -0.25) is 14.8 Å². The average Bonchev–Trinajstić information content (AvgIpc) is 2.75. The van der Waals surface area contributed by atoms with Crippen LogP contribution in [0.4, 0.5) is 5.69 Å². The topological polar surface area (TPSA) is 70.2 Å². The maximum atomic E-state index is 10.8. The molecule has 0 N–H and O–H groups in total. The molecule has 18 heavy (non-hydrogen) atoms. The Hall–Kier alpha value is -2.37. The number of hydrogen-bond donors (Lipinski definition) is 0. The molecule has 0 bridgehead atoms. The number of nitro benzene ring substituents is 1. The van der Waals surface area contributed by atoms with E-state index in [1.807, 2.05) is 13.1 Å². The van der Waals surface area contributed by atoms with Gasteiger partial charge in [0, 0.05) is 12.3 Å². The van der Waals surface area contributed by atoms with E-state index >= 15 is 0 Å². The van der Waals surface area contributed by atoms with E-state index in [4.69, 9.17) is 4.74 Å². The number of nitro groups is 1. The summed E-state index contributed by atoms with van der Waals surface area (Å²) in [6, 6.07) is 6.34. The molecule has 1 aromatic carbocycles. The molecule has 94 valence electrons. The van der Waals surface area contributed by atoms with Gasteiger partial charge in [0.05, 0.1) is 17.7 Å². The van der Waals surface area contributed by atoms with Gasteiger partial charge in [-0.15, -0.1) is 0 Å². The van der Waals surface area contributed by atoms with Crippen molar-refractivity contribution in [1.82, 2.24) is 9.78 Å².